The summed E-state index contributed by atoms with van der Waals surface area (Å²) in [4.78, 5) is 25.3. The Morgan fingerprint density at radius 2 is 1.38 bits per heavy atom. The highest BCUT2D eigenvalue weighted by molar-refractivity contribution is 7.86. The van der Waals surface area contributed by atoms with E-state index in [2.05, 4.69) is 0 Å². The topological polar surface area (TPSA) is 80.8 Å². The molecule has 1 aliphatic heterocycles. The predicted molar refractivity (Wildman–Crippen MR) is 93.9 cm³/mol. The van der Waals surface area contributed by atoms with Crippen LogP contribution in [0.3, 0.4) is 0 Å². The first-order valence-corrected chi connectivity index (χ1v) is 9.22. The van der Waals surface area contributed by atoms with E-state index in [4.69, 9.17) is 4.28 Å². The summed E-state index contributed by atoms with van der Waals surface area (Å²) >= 11 is 0. The molecule has 0 fully saturated rings. The fraction of sp³-hybridized carbons (Fsp3) is 0.0526. The van der Waals surface area contributed by atoms with E-state index in [9.17, 15) is 18.0 Å². The van der Waals surface area contributed by atoms with Crippen LogP contribution >= 0.6 is 0 Å². The van der Waals surface area contributed by atoms with Gasteiger partial charge in [-0.05, 0) is 36.1 Å². The van der Waals surface area contributed by atoms with Gasteiger partial charge in [0.1, 0.15) is 0 Å². The molecule has 0 aliphatic carbocycles. The Morgan fingerprint density at radius 3 is 1.96 bits per heavy atom. The molecular weight excluding hydrogens is 354 g/mol. The van der Waals surface area contributed by atoms with Crippen molar-refractivity contribution in [2.75, 3.05) is 0 Å². The Bertz CT molecular complexity index is 1130. The molecule has 0 spiro atoms. The van der Waals surface area contributed by atoms with E-state index in [0.29, 0.717) is 16.0 Å². The summed E-state index contributed by atoms with van der Waals surface area (Å²) in [6.45, 7) is 1.60. The number of hydrogen-bond acceptors (Lipinski definition) is 5. The van der Waals surface area contributed by atoms with Crippen LogP contribution < -0.4 is 0 Å². The summed E-state index contributed by atoms with van der Waals surface area (Å²) in [5.74, 6) is -1.62. The van der Waals surface area contributed by atoms with Gasteiger partial charge in [-0.1, -0.05) is 42.5 Å². The molecule has 0 atom stereocenters. The van der Waals surface area contributed by atoms with Crippen LogP contribution in [-0.4, -0.2) is 25.3 Å². The Balaban J connectivity index is 1.81. The summed E-state index contributed by atoms with van der Waals surface area (Å²) in [5.41, 5.74) is 0.891. The van der Waals surface area contributed by atoms with Gasteiger partial charge in [0.05, 0.1) is 16.0 Å². The molecule has 1 heterocycles. The second-order valence-electron chi connectivity index (χ2n) is 5.91. The molecule has 3 aromatic carbocycles. The van der Waals surface area contributed by atoms with Gasteiger partial charge in [-0.3, -0.25) is 9.59 Å². The lowest BCUT2D eigenvalue weighted by Crippen LogP contribution is -2.41. The van der Waals surface area contributed by atoms with Gasteiger partial charge in [0.2, 0.25) is 0 Å². The third-order valence-corrected chi connectivity index (χ3v) is 5.61. The molecule has 0 aromatic heterocycles. The van der Waals surface area contributed by atoms with Crippen molar-refractivity contribution in [1.82, 2.24) is 5.06 Å². The summed E-state index contributed by atoms with van der Waals surface area (Å²) in [5, 5.41) is 1.54. The fourth-order valence-electron chi connectivity index (χ4n) is 3.05. The number of hydrogen-bond donors (Lipinski definition) is 0. The standard InChI is InChI=1S/C19H13NO5S/c1-12-6-2-3-11-16(12)26(23,24)25-20-18(21)14-9-4-7-13-8-5-10-15(17(13)14)19(20)22/h2-11H,1H3. The van der Waals surface area contributed by atoms with Crippen molar-refractivity contribution in [3.8, 4) is 0 Å². The molecule has 0 N–H and O–H groups in total. The molecule has 3 aromatic rings. The number of benzene rings is 3. The molecular formula is C19H13NO5S. The maximum atomic E-state index is 12.7. The van der Waals surface area contributed by atoms with Crippen molar-refractivity contribution in [3.63, 3.8) is 0 Å². The van der Waals surface area contributed by atoms with Gasteiger partial charge in [-0.25, -0.2) is 0 Å². The summed E-state index contributed by atoms with van der Waals surface area (Å²) in [6, 6.07) is 16.2. The minimum Gasteiger partial charge on any atom is -0.266 e. The van der Waals surface area contributed by atoms with Crippen LogP contribution in [0.1, 0.15) is 26.3 Å². The smallest absolute Gasteiger partial charge is 0.266 e. The van der Waals surface area contributed by atoms with Gasteiger partial charge in [-0.2, -0.15) is 8.42 Å². The van der Waals surface area contributed by atoms with Crippen LogP contribution in [0.2, 0.25) is 0 Å². The number of carbonyl (C=O) groups excluding carboxylic acids is 2. The molecule has 6 nitrogen and oxygen atoms in total. The molecule has 0 saturated carbocycles. The third-order valence-electron chi connectivity index (χ3n) is 4.27. The first-order valence-electron chi connectivity index (χ1n) is 7.81. The van der Waals surface area contributed by atoms with Crippen molar-refractivity contribution < 1.29 is 22.3 Å². The number of imide groups is 1. The molecule has 7 heteroatoms. The van der Waals surface area contributed by atoms with Gasteiger partial charge in [0.25, 0.3) is 11.8 Å². The number of amides is 2. The maximum Gasteiger partial charge on any atom is 0.318 e. The largest absolute Gasteiger partial charge is 0.318 e. The van der Waals surface area contributed by atoms with Crippen LogP contribution in [0.5, 0.6) is 0 Å². The van der Waals surface area contributed by atoms with Crippen LogP contribution in [-0.2, 0) is 14.4 Å². The molecule has 2 amide bonds. The van der Waals surface area contributed by atoms with Crippen molar-refractivity contribution in [2.45, 2.75) is 11.8 Å². The lowest BCUT2D eigenvalue weighted by molar-refractivity contribution is -0.0155. The predicted octanol–water partition coefficient (Wildman–Crippen LogP) is 3.06. The Morgan fingerprint density at radius 1 is 0.808 bits per heavy atom. The Hall–Kier alpha value is -3.03. The second-order valence-corrected chi connectivity index (χ2v) is 7.41. The van der Waals surface area contributed by atoms with Gasteiger partial charge < -0.3 is 0 Å². The third kappa shape index (κ3) is 2.40. The lowest BCUT2D eigenvalue weighted by atomic mass is 9.95. The fourth-order valence-corrected chi connectivity index (χ4v) is 4.17. The summed E-state index contributed by atoms with van der Waals surface area (Å²) in [6.07, 6.45) is 0. The number of hydroxylamine groups is 2. The van der Waals surface area contributed by atoms with E-state index in [-0.39, 0.29) is 16.0 Å². The lowest BCUT2D eigenvalue weighted by Gasteiger charge is -2.25. The zero-order valence-corrected chi connectivity index (χ0v) is 14.5. The van der Waals surface area contributed by atoms with Crippen molar-refractivity contribution in [3.05, 3.63) is 77.4 Å². The van der Waals surface area contributed by atoms with Crippen LogP contribution in [0.15, 0.2) is 65.6 Å². The minimum absolute atomic E-state index is 0.0994. The highest BCUT2D eigenvalue weighted by atomic mass is 32.2. The van der Waals surface area contributed by atoms with Gasteiger partial charge in [0.15, 0.2) is 0 Å². The summed E-state index contributed by atoms with van der Waals surface area (Å²) in [7, 11) is -4.34. The zero-order valence-electron chi connectivity index (χ0n) is 13.7. The molecule has 26 heavy (non-hydrogen) atoms. The van der Waals surface area contributed by atoms with E-state index in [1.807, 2.05) is 0 Å². The second kappa shape index (κ2) is 5.76. The van der Waals surface area contributed by atoms with E-state index in [0.717, 1.165) is 5.39 Å². The number of nitrogens with zero attached hydrogens (tertiary/aromatic N) is 1. The zero-order chi connectivity index (χ0) is 18.5. The normalized spacial score (nSPS) is 14.1. The minimum atomic E-state index is -4.34. The first kappa shape index (κ1) is 16.4. The van der Waals surface area contributed by atoms with Crippen molar-refractivity contribution in [2.24, 2.45) is 0 Å². The van der Waals surface area contributed by atoms with E-state index in [1.165, 1.54) is 18.2 Å². The Kier molecular flexibility index (Phi) is 3.64. The first-order chi connectivity index (χ1) is 12.4. The van der Waals surface area contributed by atoms with Gasteiger partial charge in [-0.15, -0.1) is 9.35 Å². The Labute approximate surface area is 149 Å². The van der Waals surface area contributed by atoms with Crippen LogP contribution in [0.4, 0.5) is 0 Å². The van der Waals surface area contributed by atoms with Crippen molar-refractivity contribution >= 4 is 32.7 Å². The van der Waals surface area contributed by atoms with E-state index < -0.39 is 21.9 Å². The van der Waals surface area contributed by atoms with Crippen LogP contribution in [0, 0.1) is 6.92 Å². The summed E-state index contributed by atoms with van der Waals surface area (Å²) < 4.78 is 30.2. The highest BCUT2D eigenvalue weighted by Crippen LogP contribution is 2.31. The van der Waals surface area contributed by atoms with Gasteiger partial charge >= 0.3 is 10.1 Å². The monoisotopic (exact) mass is 367 g/mol. The van der Waals surface area contributed by atoms with E-state index >= 15 is 0 Å². The average molecular weight is 367 g/mol. The number of rotatable bonds is 3. The number of carbonyl (C=O) groups is 2. The number of aryl methyl sites for hydroxylation is 1. The molecule has 130 valence electrons. The molecule has 0 saturated heterocycles. The molecule has 1 aliphatic rings. The highest BCUT2D eigenvalue weighted by Gasteiger charge is 2.37. The SMILES string of the molecule is Cc1ccccc1S(=O)(=O)ON1C(=O)c2cccc3cccc(c23)C1=O. The molecule has 4 rings (SSSR count). The van der Waals surface area contributed by atoms with Gasteiger partial charge in [0, 0.05) is 5.39 Å². The molecule has 0 radical (unpaired) electrons. The van der Waals surface area contributed by atoms with E-state index in [1.54, 1.807) is 49.4 Å². The van der Waals surface area contributed by atoms with Crippen LogP contribution in [0.25, 0.3) is 10.8 Å². The average Bonchev–Trinajstić information content (AvgIpc) is 2.63. The quantitative estimate of drug-likeness (QED) is 0.665. The molecule has 0 unspecified atom stereocenters. The maximum absolute atomic E-state index is 12.7. The van der Waals surface area contributed by atoms with Crippen molar-refractivity contribution in [1.29, 1.82) is 0 Å². The molecule has 0 bridgehead atoms.